The predicted molar refractivity (Wildman–Crippen MR) is 79.5 cm³/mol. The fraction of sp³-hybridized carbons (Fsp3) is 0.571. The lowest BCUT2D eigenvalue weighted by Gasteiger charge is -2.29. The summed E-state index contributed by atoms with van der Waals surface area (Å²) in [7, 11) is 0. The molecule has 2 rings (SSSR count). The topological polar surface area (TPSA) is 35.2 Å². The van der Waals surface area contributed by atoms with Crippen molar-refractivity contribution >= 4 is 23.4 Å². The quantitative estimate of drug-likeness (QED) is 0.900. The molecule has 0 aromatic heterocycles. The van der Waals surface area contributed by atoms with Crippen LogP contribution in [0.15, 0.2) is 24.3 Å². The van der Waals surface area contributed by atoms with Gasteiger partial charge in [-0.2, -0.15) is 11.8 Å². The van der Waals surface area contributed by atoms with E-state index in [0.717, 1.165) is 16.7 Å². The predicted octanol–water partition coefficient (Wildman–Crippen LogP) is 3.44. The van der Waals surface area contributed by atoms with Crippen LogP contribution >= 0.6 is 23.4 Å². The van der Waals surface area contributed by atoms with Gasteiger partial charge in [0.2, 0.25) is 0 Å². The first-order valence-electron chi connectivity index (χ1n) is 6.46. The molecule has 0 aliphatic carbocycles. The summed E-state index contributed by atoms with van der Waals surface area (Å²) in [5.41, 5.74) is 5.88. The number of halogens is 1. The van der Waals surface area contributed by atoms with E-state index in [9.17, 15) is 0 Å². The van der Waals surface area contributed by atoms with E-state index in [1.165, 1.54) is 24.3 Å². The van der Waals surface area contributed by atoms with Crippen molar-refractivity contribution < 1.29 is 4.74 Å². The van der Waals surface area contributed by atoms with Crippen molar-refractivity contribution in [3.8, 4) is 5.75 Å². The third-order valence-electron chi connectivity index (χ3n) is 3.51. The van der Waals surface area contributed by atoms with Crippen LogP contribution < -0.4 is 10.5 Å². The van der Waals surface area contributed by atoms with Gasteiger partial charge in [0.05, 0.1) is 6.61 Å². The molecule has 1 aliphatic rings. The number of nitrogens with two attached hydrogens (primary N) is 1. The van der Waals surface area contributed by atoms with Crippen LogP contribution in [0.3, 0.4) is 0 Å². The summed E-state index contributed by atoms with van der Waals surface area (Å²) in [6.07, 6.45) is 2.55. The lowest BCUT2D eigenvalue weighted by Crippen LogP contribution is -2.31. The maximum atomic E-state index is 5.88. The van der Waals surface area contributed by atoms with Crippen molar-refractivity contribution in [3.05, 3.63) is 29.3 Å². The van der Waals surface area contributed by atoms with Crippen molar-refractivity contribution in [1.82, 2.24) is 0 Å². The molecule has 2 nitrogen and oxygen atoms in total. The number of hydrogen-bond acceptors (Lipinski definition) is 3. The smallest absolute Gasteiger partial charge is 0.119 e. The zero-order valence-electron chi connectivity index (χ0n) is 10.5. The molecule has 0 amide bonds. The summed E-state index contributed by atoms with van der Waals surface area (Å²) >= 11 is 7.89. The molecule has 1 heterocycles. The molecule has 18 heavy (non-hydrogen) atoms. The van der Waals surface area contributed by atoms with E-state index in [1.807, 2.05) is 36.0 Å². The fourth-order valence-electron chi connectivity index (χ4n) is 2.32. The van der Waals surface area contributed by atoms with Gasteiger partial charge >= 0.3 is 0 Å². The van der Waals surface area contributed by atoms with Gasteiger partial charge in [0, 0.05) is 10.9 Å². The second-order valence-electron chi connectivity index (χ2n) is 4.71. The average molecular weight is 286 g/mol. The van der Waals surface area contributed by atoms with E-state index >= 15 is 0 Å². The summed E-state index contributed by atoms with van der Waals surface area (Å²) in [6, 6.07) is 7.52. The highest BCUT2D eigenvalue weighted by Crippen LogP contribution is 2.29. The summed E-state index contributed by atoms with van der Waals surface area (Å²) < 4.78 is 5.82. The van der Waals surface area contributed by atoms with Crippen LogP contribution in [0.4, 0.5) is 0 Å². The van der Waals surface area contributed by atoms with Gasteiger partial charge in [0.15, 0.2) is 0 Å². The molecule has 0 saturated carbocycles. The zero-order chi connectivity index (χ0) is 12.8. The van der Waals surface area contributed by atoms with E-state index < -0.39 is 0 Å². The van der Waals surface area contributed by atoms with Gasteiger partial charge in [0.25, 0.3) is 0 Å². The van der Waals surface area contributed by atoms with Crippen molar-refractivity contribution in [3.63, 3.8) is 0 Å². The monoisotopic (exact) mass is 285 g/mol. The highest BCUT2D eigenvalue weighted by molar-refractivity contribution is 7.99. The minimum atomic E-state index is 0.474. The molecule has 1 fully saturated rings. The van der Waals surface area contributed by atoms with Crippen LogP contribution in [0, 0.1) is 11.8 Å². The third kappa shape index (κ3) is 4.08. The van der Waals surface area contributed by atoms with Crippen molar-refractivity contribution in [2.75, 3.05) is 24.7 Å². The number of benzene rings is 1. The molecule has 1 unspecified atom stereocenters. The summed E-state index contributed by atoms with van der Waals surface area (Å²) in [5, 5.41) is 0.738. The van der Waals surface area contributed by atoms with Crippen LogP contribution in [0.25, 0.3) is 0 Å². The SMILES string of the molecule is NCC(COc1ccc(Cl)cc1)C1CCSCC1. The summed E-state index contributed by atoms with van der Waals surface area (Å²) in [5.74, 6) is 4.61. The molecule has 100 valence electrons. The Morgan fingerprint density at radius 1 is 1.28 bits per heavy atom. The molecule has 1 aromatic carbocycles. The van der Waals surface area contributed by atoms with Gasteiger partial charge in [-0.25, -0.2) is 0 Å². The second kappa shape index (κ2) is 7.27. The van der Waals surface area contributed by atoms with Gasteiger partial charge in [-0.3, -0.25) is 0 Å². The van der Waals surface area contributed by atoms with Crippen LogP contribution in [0.5, 0.6) is 5.75 Å². The van der Waals surface area contributed by atoms with Gasteiger partial charge in [-0.15, -0.1) is 0 Å². The Morgan fingerprint density at radius 3 is 2.56 bits per heavy atom. The van der Waals surface area contributed by atoms with Crippen LogP contribution in [0.1, 0.15) is 12.8 Å². The molecule has 2 N–H and O–H groups in total. The largest absolute Gasteiger partial charge is 0.493 e. The lowest BCUT2D eigenvalue weighted by atomic mass is 9.88. The van der Waals surface area contributed by atoms with Gasteiger partial charge in [-0.1, -0.05) is 11.6 Å². The maximum Gasteiger partial charge on any atom is 0.119 e. The fourth-order valence-corrected chi connectivity index (χ4v) is 3.59. The van der Waals surface area contributed by atoms with Gasteiger partial charge < -0.3 is 10.5 Å². The normalized spacial score (nSPS) is 18.6. The number of hydrogen-bond donors (Lipinski definition) is 1. The van der Waals surface area contributed by atoms with E-state index in [0.29, 0.717) is 19.1 Å². The Balaban J connectivity index is 1.84. The van der Waals surface area contributed by atoms with Crippen molar-refractivity contribution in [1.29, 1.82) is 0 Å². The first kappa shape index (κ1) is 14.0. The van der Waals surface area contributed by atoms with Crippen LogP contribution in [-0.4, -0.2) is 24.7 Å². The molecule has 1 aliphatic heterocycles. The number of rotatable bonds is 5. The standard InChI is InChI=1S/C14H20ClNOS/c15-13-1-3-14(4-2-13)17-10-12(9-16)11-5-7-18-8-6-11/h1-4,11-12H,5-10,16H2. The van der Waals surface area contributed by atoms with E-state index in [-0.39, 0.29) is 0 Å². The first-order valence-corrected chi connectivity index (χ1v) is 7.99. The highest BCUT2D eigenvalue weighted by Gasteiger charge is 2.23. The average Bonchev–Trinajstić information content (AvgIpc) is 2.43. The van der Waals surface area contributed by atoms with Crippen LogP contribution in [-0.2, 0) is 0 Å². The van der Waals surface area contributed by atoms with E-state index in [4.69, 9.17) is 22.1 Å². The minimum Gasteiger partial charge on any atom is -0.493 e. The van der Waals surface area contributed by atoms with Gasteiger partial charge in [0.1, 0.15) is 5.75 Å². The molecule has 0 bridgehead atoms. The van der Waals surface area contributed by atoms with Crippen LogP contribution in [0.2, 0.25) is 5.02 Å². The molecule has 0 spiro atoms. The minimum absolute atomic E-state index is 0.474. The molecular weight excluding hydrogens is 266 g/mol. The molecule has 1 aromatic rings. The first-order chi connectivity index (χ1) is 8.79. The molecule has 4 heteroatoms. The molecule has 0 radical (unpaired) electrons. The second-order valence-corrected chi connectivity index (χ2v) is 6.37. The van der Waals surface area contributed by atoms with Crippen molar-refractivity contribution in [2.45, 2.75) is 12.8 Å². The summed E-state index contributed by atoms with van der Waals surface area (Å²) in [4.78, 5) is 0. The highest BCUT2D eigenvalue weighted by atomic mass is 35.5. The Kier molecular flexibility index (Phi) is 5.67. The van der Waals surface area contributed by atoms with Crippen molar-refractivity contribution in [2.24, 2.45) is 17.6 Å². The Hall–Kier alpha value is -0.380. The van der Waals surface area contributed by atoms with E-state index in [2.05, 4.69) is 0 Å². The number of ether oxygens (including phenoxy) is 1. The number of thioether (sulfide) groups is 1. The zero-order valence-corrected chi connectivity index (χ0v) is 12.1. The Morgan fingerprint density at radius 2 is 1.94 bits per heavy atom. The lowest BCUT2D eigenvalue weighted by molar-refractivity contribution is 0.191. The maximum absolute atomic E-state index is 5.88. The molecular formula is C14H20ClNOS. The van der Waals surface area contributed by atoms with E-state index in [1.54, 1.807) is 0 Å². The Labute approximate surface area is 118 Å². The van der Waals surface area contributed by atoms with Gasteiger partial charge in [-0.05, 0) is 61.1 Å². The third-order valence-corrected chi connectivity index (χ3v) is 4.81. The molecule has 1 atom stereocenters. The Bertz CT molecular complexity index is 351. The summed E-state index contributed by atoms with van der Waals surface area (Å²) in [6.45, 7) is 1.43. The molecule has 1 saturated heterocycles.